The van der Waals surface area contributed by atoms with Crippen molar-refractivity contribution in [2.24, 2.45) is 0 Å². The fourth-order valence-electron chi connectivity index (χ4n) is 0. The van der Waals surface area contributed by atoms with Crippen LogP contribution in [-0.2, 0) is 0 Å². The average Bonchev–Trinajstić information content (AvgIpc) is 0. The van der Waals surface area contributed by atoms with Gasteiger partial charge in [0, 0.05) is 0 Å². The normalized spacial score (nSPS) is 0. The molecule has 0 unspecified atom stereocenters. The standard InChI is InChI=1S/2Ca.2ClH.2H/h;;2*1H;;/q;+2;;;;/p-2. The third-order valence-corrected chi connectivity index (χ3v) is 0. The van der Waals surface area contributed by atoms with Gasteiger partial charge < -0.3 is 24.8 Å². The van der Waals surface area contributed by atoms with Gasteiger partial charge in [-0.15, -0.1) is 0 Å². The zero-order valence-corrected chi connectivity index (χ0v) is 5.18. The van der Waals surface area contributed by atoms with Gasteiger partial charge in [-0.05, 0) is 0 Å². The molecule has 0 aromatic carbocycles. The molecule has 0 heterocycles. The largest absolute Gasteiger partial charge is 1.00 e. The summed E-state index contributed by atoms with van der Waals surface area (Å²) in [6.45, 7) is 0. The molecule has 0 aliphatic heterocycles. The second-order valence-electron chi connectivity index (χ2n) is 0. The molecule has 0 spiro atoms. The predicted molar refractivity (Wildman–Crippen MR) is 14.3 cm³/mol. The summed E-state index contributed by atoms with van der Waals surface area (Å²) in [5, 5.41) is 0. The van der Waals surface area contributed by atoms with Crippen LogP contribution >= 0.6 is 0 Å². The van der Waals surface area contributed by atoms with E-state index < -0.39 is 0 Å². The van der Waals surface area contributed by atoms with Crippen LogP contribution in [0.5, 0.6) is 0 Å². The van der Waals surface area contributed by atoms with Crippen LogP contribution in [0.1, 0.15) is 0 Å². The first-order valence-corrected chi connectivity index (χ1v) is 0. The molecule has 0 aromatic heterocycles. The Morgan fingerprint density at radius 2 is 0.750 bits per heavy atom. The Kier molecular flexibility index (Phi) is 113. The minimum atomic E-state index is 0. The van der Waals surface area contributed by atoms with E-state index in [0.717, 1.165) is 0 Å². The molecule has 0 saturated heterocycles. The van der Waals surface area contributed by atoms with Crippen molar-refractivity contribution in [3.63, 3.8) is 0 Å². The van der Waals surface area contributed by atoms with Crippen molar-refractivity contribution in [2.45, 2.75) is 0 Å². The molecule has 0 aliphatic carbocycles. The minimum absolute atomic E-state index is 0. The van der Waals surface area contributed by atoms with Crippen molar-refractivity contribution in [3.8, 4) is 0 Å². The van der Waals surface area contributed by atoms with Crippen molar-refractivity contribution >= 4 is 75.5 Å². The summed E-state index contributed by atoms with van der Waals surface area (Å²) in [7, 11) is 0. The summed E-state index contributed by atoms with van der Waals surface area (Å²) in [5.41, 5.74) is 0. The molecule has 0 bridgehead atoms. The zero-order valence-electron chi connectivity index (χ0n) is 1.46. The summed E-state index contributed by atoms with van der Waals surface area (Å²) in [4.78, 5) is 0. The first kappa shape index (κ1) is 27.5. The third kappa shape index (κ3) is 8.92. The van der Waals surface area contributed by atoms with E-state index in [-0.39, 0.29) is 100 Å². The van der Waals surface area contributed by atoms with E-state index in [2.05, 4.69) is 0 Å². The van der Waals surface area contributed by atoms with Gasteiger partial charge in [-0.3, -0.25) is 0 Å². The smallest absolute Gasteiger partial charge is 1.00 e. The molecule has 0 saturated carbocycles. The maximum absolute atomic E-state index is 0. The van der Waals surface area contributed by atoms with Crippen molar-refractivity contribution < 1.29 is 24.8 Å². The Bertz CT molecular complexity index is 4.00. The van der Waals surface area contributed by atoms with Crippen LogP contribution in [0.15, 0.2) is 0 Å². The molecule has 0 nitrogen and oxygen atoms in total. The van der Waals surface area contributed by atoms with Gasteiger partial charge in [-0.2, -0.15) is 0 Å². The van der Waals surface area contributed by atoms with E-state index in [1.165, 1.54) is 0 Å². The van der Waals surface area contributed by atoms with Gasteiger partial charge >= 0.3 is 75.5 Å². The second kappa shape index (κ2) is 16.5. The molecule has 0 amide bonds. The Hall–Kier alpha value is 3.10. The summed E-state index contributed by atoms with van der Waals surface area (Å²) < 4.78 is 0. The minimum Gasteiger partial charge on any atom is -1.00 e. The Morgan fingerprint density at radius 3 is 0.750 bits per heavy atom. The average molecular weight is 153 g/mol. The van der Waals surface area contributed by atoms with Crippen LogP contribution in [-0.4, -0.2) is 75.5 Å². The van der Waals surface area contributed by atoms with Gasteiger partial charge in [-0.25, -0.2) is 0 Å². The molecular formula is H2Ca2Cl2. The zero-order chi connectivity index (χ0) is 0. The van der Waals surface area contributed by atoms with Crippen molar-refractivity contribution in [1.29, 1.82) is 0 Å². The topological polar surface area (TPSA) is 0 Å². The molecule has 0 aromatic rings. The van der Waals surface area contributed by atoms with Gasteiger partial charge in [0.25, 0.3) is 0 Å². The van der Waals surface area contributed by atoms with E-state index in [1.54, 1.807) is 0 Å². The fourth-order valence-corrected chi connectivity index (χ4v) is 0. The Balaban J connectivity index is 0. The monoisotopic (exact) mass is 152 g/mol. The van der Waals surface area contributed by atoms with E-state index >= 15 is 0 Å². The molecule has 0 fully saturated rings. The van der Waals surface area contributed by atoms with Crippen LogP contribution in [0.4, 0.5) is 0 Å². The predicted octanol–water partition coefficient (Wildman–Crippen LogP) is -7.29. The summed E-state index contributed by atoms with van der Waals surface area (Å²) in [6.07, 6.45) is 0. The van der Waals surface area contributed by atoms with E-state index in [9.17, 15) is 0 Å². The molecule has 0 N–H and O–H groups in total. The molecular weight excluding hydrogens is 151 g/mol. The molecule has 4 heavy (non-hydrogen) atoms. The quantitative estimate of drug-likeness (QED) is 0.303. The van der Waals surface area contributed by atoms with Crippen LogP contribution in [0, 0.1) is 0 Å². The molecule has 20 valence electrons. The van der Waals surface area contributed by atoms with Crippen molar-refractivity contribution in [2.75, 3.05) is 0 Å². The summed E-state index contributed by atoms with van der Waals surface area (Å²) >= 11 is 0. The van der Waals surface area contributed by atoms with E-state index in [4.69, 9.17) is 0 Å². The molecule has 0 atom stereocenters. The number of rotatable bonds is 0. The molecule has 0 radical (unpaired) electrons. The summed E-state index contributed by atoms with van der Waals surface area (Å²) in [5.74, 6) is 0. The second-order valence-corrected chi connectivity index (χ2v) is 0. The van der Waals surface area contributed by atoms with Gasteiger partial charge in [0.1, 0.15) is 0 Å². The number of halogens is 2. The maximum Gasteiger partial charge on any atom is -1.00 e. The summed E-state index contributed by atoms with van der Waals surface area (Å²) in [6, 6.07) is 0. The number of hydrogen-bond acceptors (Lipinski definition) is 0. The van der Waals surface area contributed by atoms with Crippen molar-refractivity contribution in [1.82, 2.24) is 0 Å². The maximum atomic E-state index is 0. The van der Waals surface area contributed by atoms with Gasteiger partial charge in [-0.1, -0.05) is 0 Å². The Morgan fingerprint density at radius 1 is 0.750 bits per heavy atom. The SMILES string of the molecule is [Ca+2].[CaH2].[Cl-].[Cl-]. The van der Waals surface area contributed by atoms with E-state index in [0.29, 0.717) is 0 Å². The third-order valence-electron chi connectivity index (χ3n) is 0. The van der Waals surface area contributed by atoms with Crippen LogP contribution < -0.4 is 24.8 Å². The fraction of sp³-hybridized carbons (Fsp3) is 0. The van der Waals surface area contributed by atoms with Crippen LogP contribution in [0.3, 0.4) is 0 Å². The van der Waals surface area contributed by atoms with Gasteiger partial charge in [0.15, 0.2) is 0 Å². The molecule has 0 rings (SSSR count). The van der Waals surface area contributed by atoms with Gasteiger partial charge in [0.2, 0.25) is 0 Å². The first-order chi connectivity index (χ1) is 0. The number of hydrogen-bond donors (Lipinski definition) is 0. The molecule has 0 aliphatic rings. The van der Waals surface area contributed by atoms with Crippen LogP contribution in [0.25, 0.3) is 0 Å². The molecule has 4 heteroatoms. The van der Waals surface area contributed by atoms with Gasteiger partial charge in [0.05, 0.1) is 0 Å². The first-order valence-electron chi connectivity index (χ1n) is 0. The van der Waals surface area contributed by atoms with Crippen LogP contribution in [0.2, 0.25) is 0 Å². The Labute approximate surface area is 97.9 Å². The van der Waals surface area contributed by atoms with E-state index in [1.807, 2.05) is 0 Å². The van der Waals surface area contributed by atoms with Crippen molar-refractivity contribution in [3.05, 3.63) is 0 Å².